The van der Waals surface area contributed by atoms with Crippen molar-refractivity contribution in [3.63, 3.8) is 0 Å². The number of hydrogen-bond acceptors (Lipinski definition) is 0. The van der Waals surface area contributed by atoms with Crippen LogP contribution in [0.3, 0.4) is 0 Å². The molecule has 1 heterocycles. The maximum Gasteiger partial charge on any atom is 0.0283 e. The van der Waals surface area contributed by atoms with Gasteiger partial charge in [-0.1, -0.05) is 62.7 Å². The average molecular weight is 357 g/mol. The first-order chi connectivity index (χ1) is 8.30. The summed E-state index contributed by atoms with van der Waals surface area (Å²) in [5, 5.41) is 1.88. The molecular weight excluding hydrogens is 342 g/mol. The van der Waals surface area contributed by atoms with Crippen LogP contribution in [0.2, 0.25) is 0 Å². The van der Waals surface area contributed by atoms with Gasteiger partial charge in [-0.2, -0.15) is 0 Å². The first-order valence-corrected chi connectivity index (χ1v) is 7.49. The molecule has 0 aliphatic carbocycles. The minimum atomic E-state index is 0.940. The third kappa shape index (κ3) is 5.37. The van der Waals surface area contributed by atoms with Crippen LogP contribution in [0.15, 0.2) is 55.4 Å². The largest absolute Gasteiger partial charge is 0.331 e. The molecule has 2 aromatic rings. The highest BCUT2D eigenvalue weighted by Gasteiger charge is 1.89. The number of alkyl halides is 2. The third-order valence-electron chi connectivity index (χ3n) is 2.17. The van der Waals surface area contributed by atoms with Gasteiger partial charge in [0.15, 0.2) is 0 Å². The van der Waals surface area contributed by atoms with Crippen LogP contribution in [0.25, 0.3) is 6.20 Å². The SMILES string of the molecule is BrCc1ccc(CBr)cc1.C=Cn1cccc1. The number of hydrogen-bond donors (Lipinski definition) is 0. The number of benzene rings is 1. The molecule has 0 saturated heterocycles. The van der Waals surface area contributed by atoms with Gasteiger partial charge in [0, 0.05) is 29.3 Å². The van der Waals surface area contributed by atoms with Crippen LogP contribution in [-0.4, -0.2) is 4.57 Å². The zero-order valence-corrected chi connectivity index (χ0v) is 12.7. The second-order valence-electron chi connectivity index (χ2n) is 3.40. The molecule has 2 rings (SSSR count). The molecule has 0 fully saturated rings. The first-order valence-electron chi connectivity index (χ1n) is 5.25. The highest BCUT2D eigenvalue weighted by Crippen LogP contribution is 2.09. The Morgan fingerprint density at radius 3 is 1.59 bits per heavy atom. The number of nitrogens with zero attached hydrogens (tertiary/aromatic N) is 1. The number of aromatic nitrogens is 1. The molecule has 0 aliphatic heterocycles. The zero-order chi connectivity index (χ0) is 12.5. The summed E-state index contributed by atoms with van der Waals surface area (Å²) >= 11 is 6.78. The highest BCUT2D eigenvalue weighted by molar-refractivity contribution is 9.08. The molecule has 0 aliphatic rings. The maximum atomic E-state index is 3.57. The Hall–Kier alpha value is -0.800. The minimum Gasteiger partial charge on any atom is -0.331 e. The van der Waals surface area contributed by atoms with Crippen molar-refractivity contribution < 1.29 is 0 Å². The summed E-state index contributed by atoms with van der Waals surface area (Å²) in [6, 6.07) is 12.4. The van der Waals surface area contributed by atoms with Crippen LogP contribution >= 0.6 is 31.9 Å². The fraction of sp³-hybridized carbons (Fsp3) is 0.143. The molecule has 1 aromatic heterocycles. The molecule has 0 amide bonds. The standard InChI is InChI=1S/C8H8Br2.C6H7N/c9-5-7-1-2-8(6-10)4-3-7;1-2-7-5-3-4-6-7/h1-4H,5-6H2;2-6H,1H2. The van der Waals surface area contributed by atoms with Gasteiger partial charge in [0.1, 0.15) is 0 Å². The predicted molar refractivity (Wildman–Crippen MR) is 82.5 cm³/mol. The van der Waals surface area contributed by atoms with E-state index in [0.29, 0.717) is 0 Å². The Kier molecular flexibility index (Phi) is 6.97. The Morgan fingerprint density at radius 1 is 0.941 bits per heavy atom. The van der Waals surface area contributed by atoms with Crippen LogP contribution in [0.4, 0.5) is 0 Å². The van der Waals surface area contributed by atoms with E-state index >= 15 is 0 Å². The molecule has 0 unspecified atom stereocenters. The Labute approximate surface area is 119 Å². The van der Waals surface area contributed by atoms with E-state index in [1.165, 1.54) is 11.1 Å². The van der Waals surface area contributed by atoms with Gasteiger partial charge in [0.05, 0.1) is 0 Å². The molecule has 1 nitrogen and oxygen atoms in total. The van der Waals surface area contributed by atoms with Gasteiger partial charge in [0.2, 0.25) is 0 Å². The van der Waals surface area contributed by atoms with E-state index in [0.717, 1.165) is 10.7 Å². The van der Waals surface area contributed by atoms with Gasteiger partial charge in [-0.15, -0.1) is 0 Å². The van der Waals surface area contributed by atoms with E-state index < -0.39 is 0 Å². The van der Waals surface area contributed by atoms with Crippen molar-refractivity contribution in [2.24, 2.45) is 0 Å². The van der Waals surface area contributed by atoms with E-state index in [2.05, 4.69) is 62.7 Å². The molecule has 0 N–H and O–H groups in total. The summed E-state index contributed by atoms with van der Waals surface area (Å²) in [7, 11) is 0. The molecule has 0 saturated carbocycles. The van der Waals surface area contributed by atoms with Crippen LogP contribution in [0, 0.1) is 0 Å². The lowest BCUT2D eigenvalue weighted by Gasteiger charge is -1.96. The lowest BCUT2D eigenvalue weighted by molar-refractivity contribution is 1.18. The highest BCUT2D eigenvalue weighted by atomic mass is 79.9. The molecule has 0 atom stereocenters. The van der Waals surface area contributed by atoms with E-state index in [4.69, 9.17) is 0 Å². The smallest absolute Gasteiger partial charge is 0.0283 e. The molecule has 0 spiro atoms. The normalized spacial score (nSPS) is 9.29. The van der Waals surface area contributed by atoms with Crippen molar-refractivity contribution >= 4 is 38.1 Å². The zero-order valence-electron chi connectivity index (χ0n) is 9.52. The Morgan fingerprint density at radius 2 is 1.35 bits per heavy atom. The number of halogens is 2. The van der Waals surface area contributed by atoms with Gasteiger partial charge in [-0.3, -0.25) is 0 Å². The monoisotopic (exact) mass is 355 g/mol. The van der Waals surface area contributed by atoms with Crippen molar-refractivity contribution in [3.8, 4) is 0 Å². The van der Waals surface area contributed by atoms with E-state index in [1.54, 1.807) is 6.20 Å². The molecule has 1 aromatic carbocycles. The molecule has 0 bridgehead atoms. The van der Waals surface area contributed by atoms with Gasteiger partial charge >= 0.3 is 0 Å². The summed E-state index contributed by atoms with van der Waals surface area (Å²) in [6.07, 6.45) is 5.62. The van der Waals surface area contributed by atoms with Gasteiger partial charge in [-0.05, 0) is 23.3 Å². The summed E-state index contributed by atoms with van der Waals surface area (Å²) in [6.45, 7) is 3.57. The topological polar surface area (TPSA) is 4.93 Å². The van der Waals surface area contributed by atoms with Gasteiger partial charge in [0.25, 0.3) is 0 Å². The maximum absolute atomic E-state index is 3.57. The number of rotatable bonds is 3. The summed E-state index contributed by atoms with van der Waals surface area (Å²) in [5.74, 6) is 0. The van der Waals surface area contributed by atoms with Crippen molar-refractivity contribution in [1.29, 1.82) is 0 Å². The lowest BCUT2D eigenvalue weighted by Crippen LogP contribution is -1.78. The van der Waals surface area contributed by atoms with Crippen LogP contribution < -0.4 is 0 Å². The van der Waals surface area contributed by atoms with Crippen molar-refractivity contribution in [2.75, 3.05) is 0 Å². The van der Waals surface area contributed by atoms with E-state index in [-0.39, 0.29) is 0 Å². The Bertz CT molecular complexity index is 395. The fourth-order valence-electron chi connectivity index (χ4n) is 1.19. The molecule has 0 radical (unpaired) electrons. The molecule has 90 valence electrons. The molecule has 17 heavy (non-hydrogen) atoms. The molecule has 3 heteroatoms. The van der Waals surface area contributed by atoms with Crippen molar-refractivity contribution in [3.05, 3.63) is 66.5 Å². The average Bonchev–Trinajstić information content (AvgIpc) is 2.93. The summed E-state index contributed by atoms with van der Waals surface area (Å²) < 4.78 is 1.89. The fourth-order valence-corrected chi connectivity index (χ4v) is 1.93. The first kappa shape index (κ1) is 14.3. The molecular formula is C14H15Br2N. The summed E-state index contributed by atoms with van der Waals surface area (Å²) in [4.78, 5) is 0. The summed E-state index contributed by atoms with van der Waals surface area (Å²) in [5.41, 5.74) is 2.65. The second kappa shape index (κ2) is 8.31. The van der Waals surface area contributed by atoms with Crippen LogP contribution in [-0.2, 0) is 10.7 Å². The van der Waals surface area contributed by atoms with Crippen molar-refractivity contribution in [2.45, 2.75) is 10.7 Å². The second-order valence-corrected chi connectivity index (χ2v) is 4.52. The van der Waals surface area contributed by atoms with Crippen LogP contribution in [0.5, 0.6) is 0 Å². The Balaban J connectivity index is 0.000000181. The van der Waals surface area contributed by atoms with E-state index in [9.17, 15) is 0 Å². The van der Waals surface area contributed by atoms with Gasteiger partial charge < -0.3 is 4.57 Å². The lowest BCUT2D eigenvalue weighted by atomic mass is 10.2. The minimum absolute atomic E-state index is 0.940. The van der Waals surface area contributed by atoms with Gasteiger partial charge in [-0.25, -0.2) is 0 Å². The quantitative estimate of drug-likeness (QED) is 0.677. The third-order valence-corrected chi connectivity index (χ3v) is 3.46. The van der Waals surface area contributed by atoms with Crippen molar-refractivity contribution in [1.82, 2.24) is 4.57 Å². The predicted octanol–water partition coefficient (Wildman–Crippen LogP) is 5.07. The van der Waals surface area contributed by atoms with E-state index in [1.807, 2.05) is 29.1 Å². The van der Waals surface area contributed by atoms with Crippen LogP contribution in [0.1, 0.15) is 11.1 Å².